The van der Waals surface area contributed by atoms with E-state index in [0.29, 0.717) is 12.2 Å². The first-order valence-electron chi connectivity index (χ1n) is 6.14. The average molecular weight is 287 g/mol. The van der Waals surface area contributed by atoms with Gasteiger partial charge in [0.05, 0.1) is 10.5 Å². The largest absolute Gasteiger partial charge is 0.478 e. The first kappa shape index (κ1) is 14.4. The molecular formula is C14H13N3O4. The Morgan fingerprint density at radius 3 is 2.81 bits per heavy atom. The van der Waals surface area contributed by atoms with Gasteiger partial charge in [0.1, 0.15) is 0 Å². The number of aryl methyl sites for hydroxylation is 1. The van der Waals surface area contributed by atoms with Crippen LogP contribution in [0.15, 0.2) is 36.7 Å². The van der Waals surface area contributed by atoms with Crippen LogP contribution in [-0.4, -0.2) is 21.0 Å². The summed E-state index contributed by atoms with van der Waals surface area (Å²) in [6.07, 6.45) is 3.36. The van der Waals surface area contributed by atoms with Gasteiger partial charge in [0.25, 0.3) is 5.69 Å². The molecular weight excluding hydrogens is 274 g/mol. The number of nitrogens with zero attached hydrogens (tertiary/aromatic N) is 2. The van der Waals surface area contributed by atoms with Gasteiger partial charge in [-0.05, 0) is 30.2 Å². The minimum atomic E-state index is -1.22. The second-order valence-electron chi connectivity index (χ2n) is 4.45. The lowest BCUT2D eigenvalue weighted by Gasteiger charge is -2.11. The Balaban J connectivity index is 2.26. The summed E-state index contributed by atoms with van der Waals surface area (Å²) in [4.78, 5) is 25.3. The molecule has 0 amide bonds. The van der Waals surface area contributed by atoms with Crippen LogP contribution in [-0.2, 0) is 6.54 Å². The molecule has 21 heavy (non-hydrogen) atoms. The lowest BCUT2D eigenvalue weighted by molar-refractivity contribution is -0.384. The van der Waals surface area contributed by atoms with E-state index >= 15 is 0 Å². The van der Waals surface area contributed by atoms with E-state index in [1.165, 1.54) is 12.1 Å². The monoisotopic (exact) mass is 287 g/mol. The Hall–Kier alpha value is -2.96. The van der Waals surface area contributed by atoms with Crippen molar-refractivity contribution in [1.82, 2.24) is 4.98 Å². The molecule has 0 aliphatic heterocycles. The summed E-state index contributed by atoms with van der Waals surface area (Å²) in [5, 5.41) is 22.8. The molecule has 0 unspecified atom stereocenters. The van der Waals surface area contributed by atoms with Crippen molar-refractivity contribution in [1.29, 1.82) is 0 Å². The SMILES string of the molecule is Cc1cnccc1CNc1ccc([N+](=O)[O-])cc1C(=O)O. The summed E-state index contributed by atoms with van der Waals surface area (Å²) in [6, 6.07) is 5.55. The predicted molar refractivity (Wildman–Crippen MR) is 76.4 cm³/mol. The first-order valence-corrected chi connectivity index (χ1v) is 6.14. The zero-order valence-electron chi connectivity index (χ0n) is 11.2. The maximum Gasteiger partial charge on any atom is 0.338 e. The Labute approximate surface area is 120 Å². The van der Waals surface area contributed by atoms with Gasteiger partial charge in [-0.25, -0.2) is 4.79 Å². The summed E-state index contributed by atoms with van der Waals surface area (Å²) < 4.78 is 0. The highest BCUT2D eigenvalue weighted by molar-refractivity contribution is 5.95. The zero-order valence-corrected chi connectivity index (χ0v) is 11.2. The molecule has 2 rings (SSSR count). The van der Waals surface area contributed by atoms with Crippen molar-refractivity contribution in [3.8, 4) is 0 Å². The van der Waals surface area contributed by atoms with E-state index in [2.05, 4.69) is 10.3 Å². The number of nitro groups is 1. The third kappa shape index (κ3) is 3.33. The van der Waals surface area contributed by atoms with Crippen molar-refractivity contribution in [2.75, 3.05) is 5.32 Å². The number of aromatic nitrogens is 1. The molecule has 0 aliphatic carbocycles. The van der Waals surface area contributed by atoms with E-state index < -0.39 is 10.9 Å². The molecule has 108 valence electrons. The maximum absolute atomic E-state index is 11.2. The molecule has 0 spiro atoms. The van der Waals surface area contributed by atoms with Gasteiger partial charge >= 0.3 is 5.97 Å². The summed E-state index contributed by atoms with van der Waals surface area (Å²) >= 11 is 0. The summed E-state index contributed by atoms with van der Waals surface area (Å²) in [6.45, 7) is 2.31. The molecule has 7 nitrogen and oxygen atoms in total. The molecule has 0 aliphatic rings. The topological polar surface area (TPSA) is 105 Å². The number of nitro benzene ring substituents is 1. The van der Waals surface area contributed by atoms with Gasteiger partial charge in [0.15, 0.2) is 0 Å². The van der Waals surface area contributed by atoms with E-state index in [-0.39, 0.29) is 11.3 Å². The number of hydrogen-bond acceptors (Lipinski definition) is 5. The normalized spacial score (nSPS) is 10.1. The van der Waals surface area contributed by atoms with Crippen molar-refractivity contribution in [3.05, 3.63) is 63.5 Å². The smallest absolute Gasteiger partial charge is 0.338 e. The van der Waals surface area contributed by atoms with Crippen LogP contribution in [0.2, 0.25) is 0 Å². The van der Waals surface area contributed by atoms with Crippen LogP contribution < -0.4 is 5.32 Å². The van der Waals surface area contributed by atoms with Gasteiger partial charge in [-0.1, -0.05) is 0 Å². The quantitative estimate of drug-likeness (QED) is 0.646. The number of rotatable bonds is 5. The Morgan fingerprint density at radius 2 is 2.19 bits per heavy atom. The van der Waals surface area contributed by atoms with E-state index in [4.69, 9.17) is 5.11 Å². The van der Waals surface area contributed by atoms with Gasteiger partial charge in [-0.2, -0.15) is 0 Å². The van der Waals surface area contributed by atoms with Crippen LogP contribution in [0, 0.1) is 17.0 Å². The second kappa shape index (κ2) is 6.00. The number of hydrogen-bond donors (Lipinski definition) is 2. The van der Waals surface area contributed by atoms with E-state index in [9.17, 15) is 14.9 Å². The molecule has 0 saturated heterocycles. The third-order valence-electron chi connectivity index (χ3n) is 3.05. The van der Waals surface area contributed by atoms with Crippen LogP contribution in [0.4, 0.5) is 11.4 Å². The molecule has 0 fully saturated rings. The molecule has 2 aromatic rings. The highest BCUT2D eigenvalue weighted by atomic mass is 16.6. The van der Waals surface area contributed by atoms with Crippen LogP contribution in [0.5, 0.6) is 0 Å². The van der Waals surface area contributed by atoms with Gasteiger partial charge in [-0.3, -0.25) is 15.1 Å². The summed E-state index contributed by atoms with van der Waals surface area (Å²) in [5.41, 5.74) is 1.90. The molecule has 0 radical (unpaired) electrons. The van der Waals surface area contributed by atoms with E-state index in [1.54, 1.807) is 12.4 Å². The number of aromatic carboxylic acids is 1. The molecule has 0 atom stereocenters. The predicted octanol–water partition coefficient (Wildman–Crippen LogP) is 2.61. The highest BCUT2D eigenvalue weighted by Crippen LogP contribution is 2.23. The standard InChI is InChI=1S/C14H13N3O4/c1-9-7-15-5-4-10(9)8-16-13-3-2-11(17(20)21)6-12(13)14(18)19/h2-7,16H,8H2,1H3,(H,18,19). The first-order chi connectivity index (χ1) is 9.99. The van der Waals surface area contributed by atoms with Crippen LogP contribution >= 0.6 is 0 Å². The van der Waals surface area contributed by atoms with Crippen molar-refractivity contribution in [2.24, 2.45) is 0 Å². The number of carbonyl (C=O) groups is 1. The van der Waals surface area contributed by atoms with E-state index in [1.807, 2.05) is 13.0 Å². The zero-order chi connectivity index (χ0) is 15.4. The Kier molecular flexibility index (Phi) is 4.13. The van der Waals surface area contributed by atoms with Crippen molar-refractivity contribution in [2.45, 2.75) is 13.5 Å². The van der Waals surface area contributed by atoms with Crippen LogP contribution in [0.25, 0.3) is 0 Å². The minimum Gasteiger partial charge on any atom is -0.478 e. The van der Waals surface area contributed by atoms with Gasteiger partial charge in [-0.15, -0.1) is 0 Å². The molecule has 1 aromatic heterocycles. The van der Waals surface area contributed by atoms with Crippen molar-refractivity contribution >= 4 is 17.3 Å². The van der Waals surface area contributed by atoms with Gasteiger partial charge in [0, 0.05) is 36.8 Å². The number of carboxylic acid groups (broad SMARTS) is 1. The lowest BCUT2D eigenvalue weighted by atomic mass is 10.1. The minimum absolute atomic E-state index is 0.129. The molecule has 1 aromatic carbocycles. The number of benzene rings is 1. The van der Waals surface area contributed by atoms with Crippen LogP contribution in [0.3, 0.4) is 0 Å². The molecule has 0 saturated carbocycles. The second-order valence-corrected chi connectivity index (χ2v) is 4.45. The van der Waals surface area contributed by atoms with Crippen molar-refractivity contribution < 1.29 is 14.8 Å². The van der Waals surface area contributed by atoms with Gasteiger partial charge in [0.2, 0.25) is 0 Å². The van der Waals surface area contributed by atoms with Gasteiger partial charge < -0.3 is 10.4 Å². The fraction of sp³-hybridized carbons (Fsp3) is 0.143. The maximum atomic E-state index is 11.2. The highest BCUT2D eigenvalue weighted by Gasteiger charge is 2.15. The van der Waals surface area contributed by atoms with Crippen molar-refractivity contribution in [3.63, 3.8) is 0 Å². The Bertz CT molecular complexity index is 700. The number of pyridine rings is 1. The van der Waals surface area contributed by atoms with Crippen LogP contribution in [0.1, 0.15) is 21.5 Å². The lowest BCUT2D eigenvalue weighted by Crippen LogP contribution is -2.08. The molecule has 1 heterocycles. The fourth-order valence-corrected chi connectivity index (χ4v) is 1.87. The number of carboxylic acids is 1. The fourth-order valence-electron chi connectivity index (χ4n) is 1.87. The number of nitrogens with one attached hydrogen (secondary N) is 1. The molecule has 7 heteroatoms. The Morgan fingerprint density at radius 1 is 1.43 bits per heavy atom. The average Bonchev–Trinajstić information content (AvgIpc) is 2.46. The number of non-ortho nitro benzene ring substituents is 1. The third-order valence-corrected chi connectivity index (χ3v) is 3.05. The van der Waals surface area contributed by atoms with E-state index in [0.717, 1.165) is 17.2 Å². The molecule has 0 bridgehead atoms. The summed E-state index contributed by atoms with van der Waals surface area (Å²) in [7, 11) is 0. The number of anilines is 1. The molecule has 2 N–H and O–H groups in total. The summed E-state index contributed by atoms with van der Waals surface area (Å²) in [5.74, 6) is -1.22.